The molecule has 0 bridgehead atoms. The number of nitrogens with one attached hydrogen (secondary N) is 2. The van der Waals surface area contributed by atoms with Gasteiger partial charge in [-0.3, -0.25) is 14.4 Å². The van der Waals surface area contributed by atoms with Gasteiger partial charge in [-0.25, -0.2) is 4.98 Å². The summed E-state index contributed by atoms with van der Waals surface area (Å²) in [6, 6.07) is 9.97. The Morgan fingerprint density at radius 2 is 1.94 bits per heavy atom. The summed E-state index contributed by atoms with van der Waals surface area (Å²) in [5.74, 6) is 2.24. The quantitative estimate of drug-likeness (QED) is 0.240. The molecule has 0 unspecified atom stereocenters. The number of hydrazone groups is 1. The van der Waals surface area contributed by atoms with Crippen molar-refractivity contribution in [1.29, 1.82) is 0 Å². The maximum absolute atomic E-state index is 12.9. The molecule has 2 aromatic carbocycles. The predicted molar refractivity (Wildman–Crippen MR) is 118 cm³/mol. The number of hydrogen-bond acceptors (Lipinski definition) is 7. The van der Waals surface area contributed by atoms with Crippen molar-refractivity contribution in [2.75, 3.05) is 12.4 Å². The summed E-state index contributed by atoms with van der Waals surface area (Å²) in [5.41, 5.74) is 1.82. The number of amides is 1. The molecule has 0 aliphatic heterocycles. The first-order chi connectivity index (χ1) is 14.7. The van der Waals surface area contributed by atoms with Crippen molar-refractivity contribution in [3.05, 3.63) is 68.6 Å². The number of halogens is 1. The molecule has 31 heavy (non-hydrogen) atoms. The molecule has 1 heterocycles. The van der Waals surface area contributed by atoms with Gasteiger partial charge < -0.3 is 20.9 Å². The highest BCUT2D eigenvalue weighted by molar-refractivity contribution is 6.47. The molecule has 4 N–H and O–H groups in total. The molecule has 3 aromatic rings. The zero-order valence-corrected chi connectivity index (χ0v) is 17.8. The minimum absolute atomic E-state index is 0.277. The number of H-pyrrole nitrogens is 1. The lowest BCUT2D eigenvalue weighted by atomic mass is 9.98. The van der Waals surface area contributed by atoms with Crippen LogP contribution in [0.15, 0.2) is 46.3 Å². The smallest absolute Gasteiger partial charge is 0.321 e. The van der Waals surface area contributed by atoms with Crippen molar-refractivity contribution in [2.24, 2.45) is 10.9 Å². The number of fused-ring (bicyclic) bond motifs is 1. The second-order valence-electron chi connectivity index (χ2n) is 6.84. The third kappa shape index (κ3) is 4.56. The lowest BCUT2D eigenvalue weighted by molar-refractivity contribution is -0.141. The molecule has 0 spiro atoms. The second kappa shape index (κ2) is 8.97. The van der Waals surface area contributed by atoms with Gasteiger partial charge in [0.25, 0.3) is 11.5 Å². The summed E-state index contributed by atoms with van der Waals surface area (Å²) < 4.78 is 4.80. The number of hydrogen-bond donors (Lipinski definition) is 3. The highest BCUT2D eigenvalue weighted by Gasteiger charge is 2.36. The number of rotatable bonds is 5. The third-order valence-corrected chi connectivity index (χ3v) is 5.04. The van der Waals surface area contributed by atoms with Crippen LogP contribution in [0.25, 0.3) is 11.0 Å². The first kappa shape index (κ1) is 22.0. The maximum atomic E-state index is 12.9. The van der Waals surface area contributed by atoms with E-state index in [0.717, 1.165) is 18.2 Å². The molecule has 9 nitrogen and oxygen atoms in total. The first-order valence-electron chi connectivity index (χ1n) is 9.18. The Bertz CT molecular complexity index is 1270. The highest BCUT2D eigenvalue weighted by Crippen LogP contribution is 2.21. The Labute approximate surface area is 182 Å². The summed E-state index contributed by atoms with van der Waals surface area (Å²) in [6.07, 6.45) is 0. The van der Waals surface area contributed by atoms with Crippen LogP contribution in [0.5, 0.6) is 0 Å². The van der Waals surface area contributed by atoms with Crippen LogP contribution >= 0.6 is 11.6 Å². The van der Waals surface area contributed by atoms with Gasteiger partial charge >= 0.3 is 5.97 Å². The molecule has 160 valence electrons. The Morgan fingerprint density at radius 1 is 1.19 bits per heavy atom. The highest BCUT2D eigenvalue weighted by atomic mass is 35.5. The van der Waals surface area contributed by atoms with E-state index in [0.29, 0.717) is 21.7 Å². The number of carbonyl (C=O) groups excluding carboxylic acids is 2. The molecular weight excluding hydrogens is 422 g/mol. The van der Waals surface area contributed by atoms with Crippen LogP contribution < -0.4 is 16.7 Å². The number of anilines is 1. The van der Waals surface area contributed by atoms with E-state index >= 15 is 0 Å². The molecule has 1 aromatic heterocycles. The topological polar surface area (TPSA) is 140 Å². The van der Waals surface area contributed by atoms with Crippen molar-refractivity contribution >= 4 is 45.9 Å². The molecule has 1 amide bonds. The van der Waals surface area contributed by atoms with Crippen molar-refractivity contribution in [2.45, 2.75) is 19.8 Å². The van der Waals surface area contributed by atoms with Gasteiger partial charge in [0.15, 0.2) is 5.92 Å². The lowest BCUT2D eigenvalue weighted by Gasteiger charge is -2.16. The normalized spacial score (nSPS) is 12.5. The zero-order chi connectivity index (χ0) is 22.7. The monoisotopic (exact) mass is 441 g/mol. The molecule has 0 aliphatic carbocycles. The van der Waals surface area contributed by atoms with E-state index in [4.69, 9.17) is 22.2 Å². The molecule has 0 aliphatic rings. The molecule has 3 rings (SSSR count). The van der Waals surface area contributed by atoms with Gasteiger partial charge in [-0.15, -0.1) is 0 Å². The Hall–Kier alpha value is -3.72. The summed E-state index contributed by atoms with van der Waals surface area (Å²) in [5, 5.41) is 6.54. The van der Waals surface area contributed by atoms with Crippen LogP contribution in [-0.2, 0) is 14.3 Å². The third-order valence-electron chi connectivity index (χ3n) is 4.80. The summed E-state index contributed by atoms with van der Waals surface area (Å²) in [4.78, 5) is 45.0. The summed E-state index contributed by atoms with van der Waals surface area (Å²) >= 11 is 5.95. The summed E-state index contributed by atoms with van der Waals surface area (Å²) in [7, 11) is 1.12. The number of carbonyl (C=O) groups is 2. The molecule has 0 fully saturated rings. The van der Waals surface area contributed by atoms with E-state index in [2.05, 4.69) is 20.4 Å². The SMILES string of the molecule is COC(=O)[C@@H](/C(=N\N)C(=O)Nc1ccc(C)c(C)c1)c1nc2ccc(Cl)cc2[nH]c1=O. The molecule has 1 atom stereocenters. The van der Waals surface area contributed by atoms with Crippen LogP contribution in [0.3, 0.4) is 0 Å². The average Bonchev–Trinajstić information content (AvgIpc) is 2.73. The van der Waals surface area contributed by atoms with E-state index < -0.39 is 29.1 Å². The second-order valence-corrected chi connectivity index (χ2v) is 7.27. The molecule has 10 heteroatoms. The van der Waals surface area contributed by atoms with Crippen LogP contribution in [0.1, 0.15) is 22.7 Å². The van der Waals surface area contributed by atoms with Crippen molar-refractivity contribution < 1.29 is 14.3 Å². The fraction of sp³-hybridized carbons (Fsp3) is 0.190. The summed E-state index contributed by atoms with van der Waals surface area (Å²) in [6.45, 7) is 3.83. The van der Waals surface area contributed by atoms with E-state index in [1.54, 1.807) is 24.3 Å². The Kier molecular flexibility index (Phi) is 6.36. The van der Waals surface area contributed by atoms with Crippen LogP contribution in [0.4, 0.5) is 5.69 Å². The van der Waals surface area contributed by atoms with Gasteiger partial charge in [0.1, 0.15) is 11.4 Å². The number of nitrogens with zero attached hydrogens (tertiary/aromatic N) is 2. The fourth-order valence-corrected chi connectivity index (χ4v) is 3.19. The number of esters is 1. The van der Waals surface area contributed by atoms with Crippen molar-refractivity contribution in [3.8, 4) is 0 Å². The molecular formula is C21H20ClN5O4. The minimum Gasteiger partial charge on any atom is -0.468 e. The predicted octanol–water partition coefficient (Wildman–Crippen LogP) is 2.40. The maximum Gasteiger partial charge on any atom is 0.321 e. The van der Waals surface area contributed by atoms with Gasteiger partial charge in [-0.2, -0.15) is 5.10 Å². The van der Waals surface area contributed by atoms with Crippen LogP contribution in [-0.4, -0.2) is 34.7 Å². The number of nitrogens with two attached hydrogens (primary N) is 1. The average molecular weight is 442 g/mol. The number of aromatic nitrogens is 2. The van der Waals surface area contributed by atoms with E-state index in [1.165, 1.54) is 6.07 Å². The number of aryl methyl sites for hydroxylation is 2. The van der Waals surface area contributed by atoms with E-state index in [1.807, 2.05) is 19.9 Å². The van der Waals surface area contributed by atoms with Gasteiger partial charge in [0.2, 0.25) is 0 Å². The van der Waals surface area contributed by atoms with Gasteiger partial charge in [-0.05, 0) is 55.3 Å². The van der Waals surface area contributed by atoms with E-state index in [-0.39, 0.29) is 5.69 Å². The van der Waals surface area contributed by atoms with E-state index in [9.17, 15) is 14.4 Å². The van der Waals surface area contributed by atoms with Gasteiger partial charge in [-0.1, -0.05) is 17.7 Å². The number of methoxy groups -OCH3 is 1. The Balaban J connectivity index is 2.05. The van der Waals surface area contributed by atoms with Crippen LogP contribution in [0.2, 0.25) is 5.02 Å². The molecule has 0 radical (unpaired) electrons. The number of ether oxygens (including phenoxy) is 1. The lowest BCUT2D eigenvalue weighted by Crippen LogP contribution is -2.38. The minimum atomic E-state index is -1.54. The molecule has 0 saturated heterocycles. The van der Waals surface area contributed by atoms with Gasteiger partial charge in [0.05, 0.1) is 18.1 Å². The zero-order valence-electron chi connectivity index (χ0n) is 17.0. The Morgan fingerprint density at radius 3 is 2.58 bits per heavy atom. The first-order valence-corrected chi connectivity index (χ1v) is 9.56. The molecule has 0 saturated carbocycles. The van der Waals surface area contributed by atoms with Crippen molar-refractivity contribution in [3.63, 3.8) is 0 Å². The largest absolute Gasteiger partial charge is 0.468 e. The van der Waals surface area contributed by atoms with Crippen LogP contribution in [0, 0.1) is 13.8 Å². The number of benzene rings is 2. The standard InChI is InChI=1S/C21H20ClN5O4/c1-10-4-6-13(8-11(10)2)24-20(29)18(27-23)16(21(30)31-3)17-19(28)26-15-9-12(22)5-7-14(15)25-17/h4-9,16H,23H2,1-3H3,(H,24,29)(H,26,28)/b27-18+/t16-/m1/s1. The fourth-order valence-electron chi connectivity index (χ4n) is 3.02. The van der Waals surface area contributed by atoms with Crippen molar-refractivity contribution in [1.82, 2.24) is 9.97 Å². The van der Waals surface area contributed by atoms with Gasteiger partial charge in [0, 0.05) is 10.7 Å². The number of aromatic amines is 1.